The number of anilines is 2. The summed E-state index contributed by atoms with van der Waals surface area (Å²) in [5.74, 6) is 0.974. The van der Waals surface area contributed by atoms with Gasteiger partial charge >= 0.3 is 0 Å². The average Bonchev–Trinajstić information content (AvgIpc) is 2.58. The van der Waals surface area contributed by atoms with Crippen LogP contribution < -0.4 is 15.8 Å². The first-order valence-corrected chi connectivity index (χ1v) is 8.57. The van der Waals surface area contributed by atoms with E-state index in [2.05, 4.69) is 5.32 Å². The fourth-order valence-corrected chi connectivity index (χ4v) is 4.54. The maximum atomic E-state index is 11.6. The zero-order chi connectivity index (χ0) is 15.0. The van der Waals surface area contributed by atoms with Crippen molar-refractivity contribution in [3.63, 3.8) is 0 Å². The molecule has 2 rings (SSSR count). The van der Waals surface area contributed by atoms with Gasteiger partial charge in [-0.15, -0.1) is 0 Å². The Morgan fingerprint density at radius 1 is 1.40 bits per heavy atom. The molecule has 0 amide bonds. The molecule has 0 aliphatic carbocycles. The largest absolute Gasteiger partial charge is 0.489 e. The summed E-state index contributed by atoms with van der Waals surface area (Å²) in [6, 6.07) is 5.51. The van der Waals surface area contributed by atoms with Crippen molar-refractivity contribution in [2.45, 2.75) is 38.8 Å². The van der Waals surface area contributed by atoms with Crippen molar-refractivity contribution in [1.29, 1.82) is 0 Å². The van der Waals surface area contributed by atoms with E-state index in [9.17, 15) is 8.42 Å². The summed E-state index contributed by atoms with van der Waals surface area (Å²) in [7, 11) is -2.95. The number of nitrogen functional groups attached to an aromatic ring is 1. The third kappa shape index (κ3) is 3.36. The van der Waals surface area contributed by atoms with Crippen LogP contribution in [0.15, 0.2) is 18.2 Å². The monoisotopic (exact) mass is 298 g/mol. The lowest BCUT2D eigenvalue weighted by atomic mass is 10.0. The normalized spacial score (nSPS) is 24.8. The lowest BCUT2D eigenvalue weighted by molar-refractivity contribution is 0.244. The van der Waals surface area contributed by atoms with Gasteiger partial charge in [0.05, 0.1) is 29.0 Å². The first-order chi connectivity index (χ1) is 9.21. The standard InChI is InChI=1S/C14H22N2O3S/c1-10(2)19-12-6-4-5-11(13(12)15)16-14(3)7-8-20(17,18)9-14/h4-6,10,16H,7-9,15H2,1-3H3. The molecule has 1 atom stereocenters. The fraction of sp³-hybridized carbons (Fsp3) is 0.571. The summed E-state index contributed by atoms with van der Waals surface area (Å²) in [6.07, 6.45) is 0.624. The van der Waals surface area contributed by atoms with Crippen molar-refractivity contribution < 1.29 is 13.2 Å². The zero-order valence-corrected chi connectivity index (χ0v) is 13.0. The molecule has 1 aromatic carbocycles. The van der Waals surface area contributed by atoms with Crippen LogP contribution in [0.4, 0.5) is 11.4 Å². The van der Waals surface area contributed by atoms with Crippen LogP contribution in [0.2, 0.25) is 0 Å². The van der Waals surface area contributed by atoms with E-state index < -0.39 is 15.4 Å². The molecular formula is C14H22N2O3S. The SMILES string of the molecule is CC(C)Oc1cccc(NC2(C)CCS(=O)(=O)C2)c1N. The number of ether oxygens (including phenoxy) is 1. The Morgan fingerprint density at radius 3 is 2.65 bits per heavy atom. The lowest BCUT2D eigenvalue weighted by Gasteiger charge is -2.27. The molecular weight excluding hydrogens is 276 g/mol. The van der Waals surface area contributed by atoms with Gasteiger partial charge in [-0.05, 0) is 39.3 Å². The van der Waals surface area contributed by atoms with E-state index in [0.29, 0.717) is 17.9 Å². The number of nitrogens with one attached hydrogen (secondary N) is 1. The molecule has 0 spiro atoms. The van der Waals surface area contributed by atoms with E-state index in [1.54, 1.807) is 0 Å². The van der Waals surface area contributed by atoms with Gasteiger partial charge in [0.25, 0.3) is 0 Å². The Kier molecular flexibility index (Phi) is 3.86. The van der Waals surface area contributed by atoms with E-state index in [1.165, 1.54) is 0 Å². The van der Waals surface area contributed by atoms with Gasteiger partial charge in [-0.3, -0.25) is 0 Å². The highest BCUT2D eigenvalue weighted by Gasteiger charge is 2.38. The predicted molar refractivity (Wildman–Crippen MR) is 81.9 cm³/mol. The lowest BCUT2D eigenvalue weighted by Crippen LogP contribution is -2.36. The summed E-state index contributed by atoms with van der Waals surface area (Å²) >= 11 is 0. The van der Waals surface area contributed by atoms with Crippen LogP contribution >= 0.6 is 0 Å². The zero-order valence-electron chi connectivity index (χ0n) is 12.1. The smallest absolute Gasteiger partial charge is 0.152 e. The molecule has 1 aliphatic heterocycles. The summed E-state index contributed by atoms with van der Waals surface area (Å²) < 4.78 is 28.9. The molecule has 5 nitrogen and oxygen atoms in total. The Bertz CT molecular complexity index is 598. The molecule has 0 bridgehead atoms. The highest BCUT2D eigenvalue weighted by molar-refractivity contribution is 7.91. The number of sulfone groups is 1. The molecule has 6 heteroatoms. The average molecular weight is 298 g/mol. The number of hydrogen-bond acceptors (Lipinski definition) is 5. The minimum absolute atomic E-state index is 0.0370. The van der Waals surface area contributed by atoms with Crippen LogP contribution in [0.1, 0.15) is 27.2 Å². The fourth-order valence-electron chi connectivity index (χ4n) is 2.44. The molecule has 1 aromatic rings. The molecule has 1 saturated heterocycles. The molecule has 3 N–H and O–H groups in total. The van der Waals surface area contributed by atoms with E-state index >= 15 is 0 Å². The van der Waals surface area contributed by atoms with Gasteiger partial charge in [0.2, 0.25) is 0 Å². The van der Waals surface area contributed by atoms with E-state index in [4.69, 9.17) is 10.5 Å². The summed E-state index contributed by atoms with van der Waals surface area (Å²) in [6.45, 7) is 5.78. The topological polar surface area (TPSA) is 81.4 Å². The quantitative estimate of drug-likeness (QED) is 0.831. The maximum absolute atomic E-state index is 11.6. The number of hydrogen-bond donors (Lipinski definition) is 2. The third-order valence-electron chi connectivity index (χ3n) is 3.37. The van der Waals surface area contributed by atoms with Crippen LogP contribution in [0.3, 0.4) is 0 Å². The Labute approximate surface area is 120 Å². The number of rotatable bonds is 4. The van der Waals surface area contributed by atoms with Gasteiger partial charge in [0, 0.05) is 5.54 Å². The Hall–Kier alpha value is -1.43. The van der Waals surface area contributed by atoms with E-state index in [-0.39, 0.29) is 17.6 Å². The van der Waals surface area contributed by atoms with Crippen molar-refractivity contribution in [1.82, 2.24) is 0 Å². The molecule has 20 heavy (non-hydrogen) atoms. The number of para-hydroxylation sites is 1. The second kappa shape index (κ2) is 5.16. The van der Waals surface area contributed by atoms with Gasteiger partial charge in [-0.1, -0.05) is 6.07 Å². The summed E-state index contributed by atoms with van der Waals surface area (Å²) in [5, 5.41) is 3.27. The third-order valence-corrected chi connectivity index (χ3v) is 5.27. The molecule has 112 valence electrons. The molecule has 1 heterocycles. The number of nitrogens with two attached hydrogens (primary N) is 1. The van der Waals surface area contributed by atoms with Crippen molar-refractivity contribution in [3.8, 4) is 5.75 Å². The summed E-state index contributed by atoms with van der Waals surface area (Å²) in [4.78, 5) is 0. The first kappa shape index (κ1) is 15.0. The molecule has 0 radical (unpaired) electrons. The molecule has 1 aliphatic rings. The molecule has 1 unspecified atom stereocenters. The predicted octanol–water partition coefficient (Wildman–Crippen LogP) is 2.05. The molecule has 0 aromatic heterocycles. The Balaban J connectivity index is 2.22. The van der Waals surface area contributed by atoms with Crippen molar-refractivity contribution in [2.75, 3.05) is 22.6 Å². The van der Waals surface area contributed by atoms with Crippen LogP contribution in [-0.4, -0.2) is 31.6 Å². The van der Waals surface area contributed by atoms with Crippen LogP contribution in [0.25, 0.3) is 0 Å². The highest BCUT2D eigenvalue weighted by Crippen LogP contribution is 2.34. The van der Waals surface area contributed by atoms with Gasteiger partial charge in [0.15, 0.2) is 9.84 Å². The van der Waals surface area contributed by atoms with Gasteiger partial charge in [-0.25, -0.2) is 8.42 Å². The van der Waals surface area contributed by atoms with Gasteiger partial charge in [0.1, 0.15) is 5.75 Å². The minimum Gasteiger partial charge on any atom is -0.489 e. The van der Waals surface area contributed by atoms with E-state index in [0.717, 1.165) is 5.69 Å². The second-order valence-corrected chi connectivity index (χ2v) is 8.10. The molecule has 1 fully saturated rings. The minimum atomic E-state index is -2.95. The van der Waals surface area contributed by atoms with Crippen LogP contribution in [0.5, 0.6) is 5.75 Å². The molecule has 0 saturated carbocycles. The van der Waals surface area contributed by atoms with Crippen molar-refractivity contribution in [2.24, 2.45) is 0 Å². The van der Waals surface area contributed by atoms with Gasteiger partial charge < -0.3 is 15.8 Å². The Morgan fingerprint density at radius 2 is 2.10 bits per heavy atom. The van der Waals surface area contributed by atoms with Crippen molar-refractivity contribution >= 4 is 21.2 Å². The van der Waals surface area contributed by atoms with Crippen LogP contribution in [0, 0.1) is 0 Å². The maximum Gasteiger partial charge on any atom is 0.152 e. The van der Waals surface area contributed by atoms with Gasteiger partial charge in [-0.2, -0.15) is 0 Å². The number of benzene rings is 1. The second-order valence-electron chi connectivity index (χ2n) is 5.91. The highest BCUT2D eigenvalue weighted by atomic mass is 32.2. The van der Waals surface area contributed by atoms with Crippen molar-refractivity contribution in [3.05, 3.63) is 18.2 Å². The summed E-state index contributed by atoms with van der Waals surface area (Å²) in [5.41, 5.74) is 6.88. The van der Waals surface area contributed by atoms with Crippen LogP contribution in [-0.2, 0) is 9.84 Å². The van der Waals surface area contributed by atoms with E-state index in [1.807, 2.05) is 39.0 Å². The first-order valence-electron chi connectivity index (χ1n) is 6.75.